The number of carbonyl (C=O) groups is 1. The van der Waals surface area contributed by atoms with Gasteiger partial charge in [-0.3, -0.25) is 4.79 Å². The molecule has 0 aliphatic carbocycles. The van der Waals surface area contributed by atoms with Crippen molar-refractivity contribution >= 4 is 34.5 Å². The SMILES string of the molecule is COC(=O)C[C@H](Cc1ccc(S)cc1)NC1=NS(=O)(=O)c2ccccc21. The molecular formula is C18H18N2O4S2. The van der Waals surface area contributed by atoms with Crippen molar-refractivity contribution in [2.24, 2.45) is 4.40 Å². The molecule has 0 saturated heterocycles. The van der Waals surface area contributed by atoms with Crippen LogP contribution in [0.1, 0.15) is 17.5 Å². The van der Waals surface area contributed by atoms with Crippen molar-refractivity contribution < 1.29 is 17.9 Å². The number of carbonyl (C=O) groups excluding carboxylic acids is 1. The van der Waals surface area contributed by atoms with Gasteiger partial charge in [0.05, 0.1) is 13.5 Å². The zero-order chi connectivity index (χ0) is 18.7. The highest BCUT2D eigenvalue weighted by atomic mass is 32.2. The lowest BCUT2D eigenvalue weighted by Gasteiger charge is -2.19. The van der Waals surface area contributed by atoms with Crippen LogP contribution in [0.5, 0.6) is 0 Å². The smallest absolute Gasteiger partial charge is 0.307 e. The molecule has 0 fully saturated rings. The van der Waals surface area contributed by atoms with E-state index in [4.69, 9.17) is 4.74 Å². The molecule has 0 amide bonds. The van der Waals surface area contributed by atoms with E-state index >= 15 is 0 Å². The summed E-state index contributed by atoms with van der Waals surface area (Å²) in [5.74, 6) is -0.136. The average molecular weight is 390 g/mol. The summed E-state index contributed by atoms with van der Waals surface area (Å²) in [7, 11) is -2.39. The molecule has 0 bridgehead atoms. The van der Waals surface area contributed by atoms with E-state index in [1.54, 1.807) is 18.2 Å². The Morgan fingerprint density at radius 3 is 2.58 bits per heavy atom. The zero-order valence-electron chi connectivity index (χ0n) is 14.0. The first-order valence-electron chi connectivity index (χ1n) is 7.94. The Morgan fingerprint density at radius 1 is 1.19 bits per heavy atom. The molecule has 1 heterocycles. The van der Waals surface area contributed by atoms with Crippen molar-refractivity contribution in [2.75, 3.05) is 7.11 Å². The third kappa shape index (κ3) is 4.08. The van der Waals surface area contributed by atoms with Crippen LogP contribution in [0.25, 0.3) is 0 Å². The summed E-state index contributed by atoms with van der Waals surface area (Å²) < 4.78 is 33.0. The molecule has 2 aromatic carbocycles. The van der Waals surface area contributed by atoms with Crippen molar-refractivity contribution in [1.82, 2.24) is 5.32 Å². The average Bonchev–Trinajstić information content (AvgIpc) is 2.87. The van der Waals surface area contributed by atoms with E-state index in [0.29, 0.717) is 12.0 Å². The van der Waals surface area contributed by atoms with Crippen LogP contribution in [0.3, 0.4) is 0 Å². The van der Waals surface area contributed by atoms with Crippen molar-refractivity contribution in [3.05, 3.63) is 59.7 Å². The molecule has 0 radical (unpaired) electrons. The van der Waals surface area contributed by atoms with Gasteiger partial charge >= 0.3 is 5.97 Å². The van der Waals surface area contributed by atoms with Crippen LogP contribution in [0.4, 0.5) is 0 Å². The lowest BCUT2D eigenvalue weighted by atomic mass is 10.0. The van der Waals surface area contributed by atoms with Crippen LogP contribution in [0, 0.1) is 0 Å². The number of hydrogen-bond acceptors (Lipinski definition) is 6. The molecule has 26 heavy (non-hydrogen) atoms. The Bertz CT molecular complexity index is 953. The lowest BCUT2D eigenvalue weighted by Crippen LogP contribution is -2.38. The van der Waals surface area contributed by atoms with Gasteiger partial charge in [-0.15, -0.1) is 17.0 Å². The van der Waals surface area contributed by atoms with Gasteiger partial charge in [0.2, 0.25) is 0 Å². The van der Waals surface area contributed by atoms with Crippen molar-refractivity contribution in [2.45, 2.75) is 28.7 Å². The van der Waals surface area contributed by atoms with Gasteiger partial charge in [0, 0.05) is 16.5 Å². The third-order valence-electron chi connectivity index (χ3n) is 4.03. The molecule has 1 aliphatic rings. The number of rotatable bonds is 5. The maximum absolute atomic E-state index is 12.2. The lowest BCUT2D eigenvalue weighted by molar-refractivity contribution is -0.141. The molecular weight excluding hydrogens is 372 g/mol. The number of esters is 1. The van der Waals surface area contributed by atoms with E-state index in [1.807, 2.05) is 24.3 Å². The monoisotopic (exact) mass is 390 g/mol. The van der Waals surface area contributed by atoms with E-state index in [9.17, 15) is 13.2 Å². The fourth-order valence-corrected chi connectivity index (χ4v) is 4.11. The highest BCUT2D eigenvalue weighted by Crippen LogP contribution is 2.25. The Morgan fingerprint density at radius 2 is 1.88 bits per heavy atom. The molecule has 2 aromatic rings. The zero-order valence-corrected chi connectivity index (χ0v) is 15.8. The fourth-order valence-electron chi connectivity index (χ4n) is 2.78. The summed E-state index contributed by atoms with van der Waals surface area (Å²) in [6.07, 6.45) is 0.588. The largest absolute Gasteiger partial charge is 0.469 e. The summed E-state index contributed by atoms with van der Waals surface area (Å²) in [6.45, 7) is 0. The minimum absolute atomic E-state index is 0.0837. The second-order valence-electron chi connectivity index (χ2n) is 5.90. The van der Waals surface area contributed by atoms with Gasteiger partial charge in [-0.1, -0.05) is 24.3 Å². The number of methoxy groups -OCH3 is 1. The van der Waals surface area contributed by atoms with Crippen LogP contribution >= 0.6 is 12.6 Å². The quantitative estimate of drug-likeness (QED) is 0.604. The summed E-state index contributed by atoms with van der Waals surface area (Å²) in [5, 5.41) is 3.11. The summed E-state index contributed by atoms with van der Waals surface area (Å²) in [4.78, 5) is 12.8. The fraction of sp³-hybridized carbons (Fsp3) is 0.222. The number of ether oxygens (including phenoxy) is 1. The Labute approximate surface area is 157 Å². The number of benzene rings is 2. The summed E-state index contributed by atoms with van der Waals surface area (Å²) in [6, 6.07) is 13.8. The molecule has 3 rings (SSSR count). The molecule has 0 spiro atoms. The van der Waals surface area contributed by atoms with Gasteiger partial charge in [0.15, 0.2) is 0 Å². The number of fused-ring (bicyclic) bond motifs is 1. The van der Waals surface area contributed by atoms with E-state index in [2.05, 4.69) is 22.3 Å². The molecule has 1 aliphatic heterocycles. The Hall–Kier alpha value is -2.32. The normalized spacial score (nSPS) is 15.7. The highest BCUT2D eigenvalue weighted by Gasteiger charge is 2.30. The van der Waals surface area contributed by atoms with Crippen LogP contribution < -0.4 is 5.32 Å². The third-order valence-corrected chi connectivity index (χ3v) is 5.66. The second kappa shape index (κ2) is 7.51. The maximum atomic E-state index is 12.2. The Balaban J connectivity index is 1.86. The second-order valence-corrected chi connectivity index (χ2v) is 7.99. The van der Waals surface area contributed by atoms with Crippen LogP contribution in [0.15, 0.2) is 62.7 Å². The first-order chi connectivity index (χ1) is 12.4. The van der Waals surface area contributed by atoms with E-state index in [0.717, 1.165) is 10.5 Å². The van der Waals surface area contributed by atoms with Crippen LogP contribution in [-0.4, -0.2) is 33.4 Å². The highest BCUT2D eigenvalue weighted by molar-refractivity contribution is 7.90. The first kappa shape index (κ1) is 18.5. The number of nitrogens with zero attached hydrogens (tertiary/aromatic N) is 1. The number of sulfonamides is 1. The number of nitrogens with one attached hydrogen (secondary N) is 1. The molecule has 0 unspecified atom stereocenters. The van der Waals surface area contributed by atoms with E-state index < -0.39 is 10.0 Å². The molecule has 1 atom stereocenters. The number of amidine groups is 1. The minimum atomic E-state index is -3.71. The summed E-state index contributed by atoms with van der Waals surface area (Å²) >= 11 is 4.26. The molecule has 6 nitrogen and oxygen atoms in total. The van der Waals surface area contributed by atoms with Crippen molar-refractivity contribution in [3.63, 3.8) is 0 Å². The first-order valence-corrected chi connectivity index (χ1v) is 9.83. The molecule has 1 N–H and O–H groups in total. The standard InChI is InChI=1S/C18H18N2O4S2/c1-24-17(21)11-13(10-12-6-8-14(25)9-7-12)19-18-15-4-2-3-5-16(15)26(22,23)20-18/h2-9,13,25H,10-11H2,1H3,(H,19,20)/t13-/m0/s1. The van der Waals surface area contributed by atoms with E-state index in [1.165, 1.54) is 13.2 Å². The molecule has 0 aromatic heterocycles. The van der Waals surface area contributed by atoms with Gasteiger partial charge in [0.1, 0.15) is 10.7 Å². The summed E-state index contributed by atoms with van der Waals surface area (Å²) in [5.41, 5.74) is 1.49. The van der Waals surface area contributed by atoms with Crippen LogP contribution in [-0.2, 0) is 26.0 Å². The van der Waals surface area contributed by atoms with Crippen LogP contribution in [0.2, 0.25) is 0 Å². The van der Waals surface area contributed by atoms with Gasteiger partial charge in [-0.05, 0) is 36.2 Å². The van der Waals surface area contributed by atoms with Gasteiger partial charge < -0.3 is 10.1 Å². The van der Waals surface area contributed by atoms with Crippen molar-refractivity contribution in [1.29, 1.82) is 0 Å². The topological polar surface area (TPSA) is 84.8 Å². The van der Waals surface area contributed by atoms with Gasteiger partial charge in [-0.25, -0.2) is 0 Å². The van der Waals surface area contributed by atoms with E-state index in [-0.39, 0.29) is 29.2 Å². The van der Waals surface area contributed by atoms with Gasteiger partial charge in [-0.2, -0.15) is 8.42 Å². The predicted molar refractivity (Wildman–Crippen MR) is 101 cm³/mol. The predicted octanol–water partition coefficient (Wildman–Crippen LogP) is 2.19. The molecule has 8 heteroatoms. The van der Waals surface area contributed by atoms with Gasteiger partial charge in [0.25, 0.3) is 10.0 Å². The number of hydrogen-bond donors (Lipinski definition) is 2. The van der Waals surface area contributed by atoms with Crippen molar-refractivity contribution in [3.8, 4) is 0 Å². The minimum Gasteiger partial charge on any atom is -0.469 e. The maximum Gasteiger partial charge on any atom is 0.307 e. The number of thiol groups is 1. The Kier molecular flexibility index (Phi) is 5.33. The molecule has 0 saturated carbocycles. The molecule has 136 valence electrons.